The van der Waals surface area contributed by atoms with Gasteiger partial charge in [0.2, 0.25) is 0 Å². The van der Waals surface area contributed by atoms with E-state index in [-0.39, 0.29) is 6.10 Å². The molecular weight excluding hydrogens is 358 g/mol. The Balaban J connectivity index is 1.55. The van der Waals surface area contributed by atoms with Crippen LogP contribution in [0.5, 0.6) is 0 Å². The Morgan fingerprint density at radius 2 is 2.30 bits per heavy atom. The maximum Gasteiger partial charge on any atom is 0.191 e. The number of guanidine groups is 1. The molecule has 1 saturated heterocycles. The molecule has 0 radical (unpaired) electrons. The van der Waals surface area contributed by atoms with Crippen LogP contribution in [-0.4, -0.2) is 60.8 Å². The summed E-state index contributed by atoms with van der Waals surface area (Å²) in [7, 11) is 0. The molecule has 2 fully saturated rings. The molecule has 2 N–H and O–H groups in total. The van der Waals surface area contributed by atoms with Gasteiger partial charge in [-0.1, -0.05) is 6.07 Å². The van der Waals surface area contributed by atoms with Crippen LogP contribution in [0.3, 0.4) is 0 Å². The van der Waals surface area contributed by atoms with Gasteiger partial charge in [0.15, 0.2) is 5.96 Å². The number of hydrogen-bond acceptors (Lipinski definition) is 5. The molecule has 0 aromatic carbocycles. The Bertz CT molecular complexity index is 609. The summed E-state index contributed by atoms with van der Waals surface area (Å²) in [6, 6.07) is 4.77. The van der Waals surface area contributed by atoms with Gasteiger partial charge >= 0.3 is 0 Å². The van der Waals surface area contributed by atoms with E-state index in [9.17, 15) is 0 Å². The first-order chi connectivity index (χ1) is 13.2. The largest absolute Gasteiger partial charge is 0.375 e. The summed E-state index contributed by atoms with van der Waals surface area (Å²) in [4.78, 5) is 11.7. The lowest BCUT2D eigenvalue weighted by Gasteiger charge is -2.32. The molecular formula is C20H33N5OS. The zero-order valence-corrected chi connectivity index (χ0v) is 17.6. The summed E-state index contributed by atoms with van der Waals surface area (Å²) in [5.74, 6) is 1.94. The van der Waals surface area contributed by atoms with Crippen molar-refractivity contribution in [1.82, 2.24) is 15.6 Å². The van der Waals surface area contributed by atoms with Crippen LogP contribution in [0.4, 0.5) is 5.82 Å². The molecule has 1 saturated carbocycles. The highest BCUT2D eigenvalue weighted by atomic mass is 32.2. The number of aromatic nitrogens is 1. The van der Waals surface area contributed by atoms with E-state index in [1.807, 2.05) is 18.0 Å². The van der Waals surface area contributed by atoms with E-state index in [1.54, 1.807) is 0 Å². The third-order valence-electron chi connectivity index (χ3n) is 5.20. The second-order valence-electron chi connectivity index (χ2n) is 7.36. The van der Waals surface area contributed by atoms with Gasteiger partial charge in [0.1, 0.15) is 5.82 Å². The second-order valence-corrected chi connectivity index (χ2v) is 8.50. The van der Waals surface area contributed by atoms with Gasteiger partial charge in [-0.15, -0.1) is 0 Å². The number of nitrogens with one attached hydrogen (secondary N) is 2. The number of nitrogens with zero attached hydrogens (tertiary/aromatic N) is 3. The van der Waals surface area contributed by atoms with E-state index in [4.69, 9.17) is 9.73 Å². The normalized spacial score (nSPS) is 26.3. The van der Waals surface area contributed by atoms with Crippen LogP contribution in [0.1, 0.15) is 38.7 Å². The third-order valence-corrected chi connectivity index (χ3v) is 6.29. The molecule has 3 unspecified atom stereocenters. The van der Waals surface area contributed by atoms with Gasteiger partial charge in [-0.2, -0.15) is 11.8 Å². The van der Waals surface area contributed by atoms with E-state index < -0.39 is 0 Å². The van der Waals surface area contributed by atoms with Gasteiger partial charge < -0.3 is 20.3 Å². The highest BCUT2D eigenvalue weighted by Gasteiger charge is 2.24. The fourth-order valence-electron chi connectivity index (χ4n) is 3.69. The van der Waals surface area contributed by atoms with Gasteiger partial charge in [-0.25, -0.2) is 9.98 Å². The Kier molecular flexibility index (Phi) is 7.64. The van der Waals surface area contributed by atoms with Crippen molar-refractivity contribution in [3.05, 3.63) is 23.9 Å². The second kappa shape index (κ2) is 10.2. The molecule has 1 aromatic rings. The number of hydrogen-bond donors (Lipinski definition) is 2. The molecule has 1 aliphatic heterocycles. The Morgan fingerprint density at radius 3 is 2.96 bits per heavy atom. The van der Waals surface area contributed by atoms with Crippen molar-refractivity contribution in [3.63, 3.8) is 0 Å². The van der Waals surface area contributed by atoms with Gasteiger partial charge in [-0.05, 0) is 51.0 Å². The molecule has 3 atom stereocenters. The first kappa shape index (κ1) is 20.3. The average Bonchev–Trinajstić information content (AvgIpc) is 3.14. The van der Waals surface area contributed by atoms with Crippen LogP contribution in [-0.2, 0) is 11.3 Å². The van der Waals surface area contributed by atoms with Crippen molar-refractivity contribution >= 4 is 23.5 Å². The van der Waals surface area contributed by atoms with E-state index in [2.05, 4.69) is 52.8 Å². The number of anilines is 1. The van der Waals surface area contributed by atoms with Crippen molar-refractivity contribution in [2.45, 2.75) is 57.1 Å². The Morgan fingerprint density at radius 1 is 1.41 bits per heavy atom. The standard InChI is InChI=1S/C20H33N5OS/c1-4-21-20(24-17-6-7-18(11-17)27-3)23-13-16-5-8-19(22-12-16)25-9-10-26-15(2)14-25/h5,8,12,15,17-18H,4,6-7,9-11,13-14H2,1-3H3,(H2,21,23,24). The Labute approximate surface area is 167 Å². The molecule has 27 heavy (non-hydrogen) atoms. The lowest BCUT2D eigenvalue weighted by molar-refractivity contribution is 0.0529. The van der Waals surface area contributed by atoms with Crippen LogP contribution >= 0.6 is 11.8 Å². The highest BCUT2D eigenvalue weighted by molar-refractivity contribution is 7.99. The smallest absolute Gasteiger partial charge is 0.191 e. The summed E-state index contributed by atoms with van der Waals surface area (Å²) in [5.41, 5.74) is 1.13. The number of pyridine rings is 1. The summed E-state index contributed by atoms with van der Waals surface area (Å²) < 4.78 is 5.61. The van der Waals surface area contributed by atoms with Crippen LogP contribution in [0.15, 0.2) is 23.3 Å². The fraction of sp³-hybridized carbons (Fsp3) is 0.700. The van der Waals surface area contributed by atoms with Gasteiger partial charge in [0, 0.05) is 37.1 Å². The maximum absolute atomic E-state index is 5.61. The van der Waals surface area contributed by atoms with E-state index >= 15 is 0 Å². The molecule has 0 spiro atoms. The van der Waals surface area contributed by atoms with E-state index in [0.717, 1.165) is 48.8 Å². The maximum atomic E-state index is 5.61. The Hall–Kier alpha value is -1.47. The molecule has 0 bridgehead atoms. The monoisotopic (exact) mass is 391 g/mol. The predicted molar refractivity (Wildman–Crippen MR) is 115 cm³/mol. The van der Waals surface area contributed by atoms with Crippen molar-refractivity contribution < 1.29 is 4.74 Å². The van der Waals surface area contributed by atoms with Crippen molar-refractivity contribution in [1.29, 1.82) is 0 Å². The third kappa shape index (κ3) is 6.01. The minimum Gasteiger partial charge on any atom is -0.375 e. The number of thioether (sulfide) groups is 1. The van der Waals surface area contributed by atoms with Gasteiger partial charge in [-0.3, -0.25) is 0 Å². The van der Waals surface area contributed by atoms with Crippen LogP contribution in [0.25, 0.3) is 0 Å². The van der Waals surface area contributed by atoms with Gasteiger partial charge in [0.25, 0.3) is 0 Å². The minimum atomic E-state index is 0.264. The van der Waals surface area contributed by atoms with E-state index in [0.29, 0.717) is 12.6 Å². The molecule has 3 rings (SSSR count). The molecule has 7 heteroatoms. The summed E-state index contributed by atoms with van der Waals surface area (Å²) in [6.07, 6.45) is 8.16. The van der Waals surface area contributed by atoms with Crippen molar-refractivity contribution in [2.24, 2.45) is 4.99 Å². The van der Waals surface area contributed by atoms with Crippen molar-refractivity contribution in [2.75, 3.05) is 37.4 Å². The predicted octanol–water partition coefficient (Wildman–Crippen LogP) is 2.65. The first-order valence-corrected chi connectivity index (χ1v) is 11.4. The zero-order chi connectivity index (χ0) is 19.1. The highest BCUT2D eigenvalue weighted by Crippen LogP contribution is 2.28. The van der Waals surface area contributed by atoms with Crippen molar-refractivity contribution in [3.8, 4) is 0 Å². The molecule has 0 amide bonds. The summed E-state index contributed by atoms with van der Waals surface area (Å²) >= 11 is 1.98. The lowest BCUT2D eigenvalue weighted by atomic mass is 10.2. The topological polar surface area (TPSA) is 61.8 Å². The molecule has 150 valence electrons. The van der Waals surface area contributed by atoms with Crippen LogP contribution in [0.2, 0.25) is 0 Å². The minimum absolute atomic E-state index is 0.264. The molecule has 2 heterocycles. The quantitative estimate of drug-likeness (QED) is 0.574. The first-order valence-electron chi connectivity index (χ1n) is 10.1. The fourth-order valence-corrected chi connectivity index (χ4v) is 4.49. The summed E-state index contributed by atoms with van der Waals surface area (Å²) in [6.45, 7) is 8.30. The molecule has 1 aromatic heterocycles. The van der Waals surface area contributed by atoms with E-state index in [1.165, 1.54) is 19.3 Å². The molecule has 6 nitrogen and oxygen atoms in total. The van der Waals surface area contributed by atoms with Gasteiger partial charge in [0.05, 0.1) is 19.3 Å². The molecule has 1 aliphatic carbocycles. The zero-order valence-electron chi connectivity index (χ0n) is 16.8. The number of ether oxygens (including phenoxy) is 1. The molecule has 2 aliphatic rings. The number of aliphatic imine (C=N–C) groups is 1. The van der Waals surface area contributed by atoms with Crippen LogP contribution in [0, 0.1) is 0 Å². The SMILES string of the molecule is CCNC(=NCc1ccc(N2CCOC(C)C2)nc1)NC1CCC(SC)C1. The summed E-state index contributed by atoms with van der Waals surface area (Å²) in [5, 5.41) is 7.75. The van der Waals surface area contributed by atoms with Crippen LogP contribution < -0.4 is 15.5 Å². The average molecular weight is 392 g/mol. The number of rotatable bonds is 6. The lowest BCUT2D eigenvalue weighted by Crippen LogP contribution is -2.42. The number of morpholine rings is 1.